The summed E-state index contributed by atoms with van der Waals surface area (Å²) >= 11 is 0. The summed E-state index contributed by atoms with van der Waals surface area (Å²) in [6, 6.07) is 6.00. The van der Waals surface area contributed by atoms with Crippen LogP contribution in [0.25, 0.3) is 22.3 Å². The third-order valence-corrected chi connectivity index (χ3v) is 7.57. The van der Waals surface area contributed by atoms with Crippen LogP contribution in [0.3, 0.4) is 0 Å². The van der Waals surface area contributed by atoms with Gasteiger partial charge in [0.25, 0.3) is 0 Å². The van der Waals surface area contributed by atoms with Crippen LogP contribution in [0.2, 0.25) is 0 Å². The van der Waals surface area contributed by atoms with Gasteiger partial charge < -0.3 is 79.2 Å². The van der Waals surface area contributed by atoms with Crippen molar-refractivity contribution in [3.63, 3.8) is 0 Å². The fourth-order valence-electron chi connectivity index (χ4n) is 5.15. The van der Waals surface area contributed by atoms with Gasteiger partial charge in [-0.25, -0.2) is 0 Å². The van der Waals surface area contributed by atoms with Crippen LogP contribution in [0.1, 0.15) is 0 Å². The third-order valence-electron chi connectivity index (χ3n) is 7.57. The standard InChI is InChI=1S/C28H32O17/c1-40-23-12(33)6-11(32)15-18(36)25(22(43-24(15)23)9-2-4-10(31)5-3-9)44-28-26(20(38)17(35)14(8-30)42-28)45-27-21(39)19(37)16(34)13(7-29)41-27/h2-6,13-14,16-17,19-21,26-35,37-39H,7-8H2,1H3/t13?,14?,16-,17-,19?,20?,21-,26?,27+,28+/m1/s1. The Morgan fingerprint density at radius 2 is 1.36 bits per heavy atom. The Morgan fingerprint density at radius 1 is 0.756 bits per heavy atom. The lowest BCUT2D eigenvalue weighted by atomic mass is 9.97. The lowest BCUT2D eigenvalue weighted by molar-refractivity contribution is -0.358. The molecule has 3 heterocycles. The van der Waals surface area contributed by atoms with Crippen molar-refractivity contribution in [2.75, 3.05) is 20.3 Å². The molecule has 0 radical (unpaired) electrons. The van der Waals surface area contributed by atoms with Gasteiger partial charge in [0.1, 0.15) is 59.6 Å². The molecular formula is C28H32O17. The van der Waals surface area contributed by atoms with Gasteiger partial charge in [-0.3, -0.25) is 4.79 Å². The van der Waals surface area contributed by atoms with E-state index in [4.69, 9.17) is 28.1 Å². The molecule has 2 aliphatic rings. The normalized spacial score (nSPS) is 32.0. The quantitative estimate of drug-likeness (QED) is 0.123. The van der Waals surface area contributed by atoms with Crippen molar-refractivity contribution in [1.82, 2.24) is 0 Å². The second-order valence-electron chi connectivity index (χ2n) is 10.4. The molecular weight excluding hydrogens is 608 g/mol. The summed E-state index contributed by atoms with van der Waals surface area (Å²) in [7, 11) is 1.18. The van der Waals surface area contributed by atoms with Crippen molar-refractivity contribution in [1.29, 1.82) is 0 Å². The van der Waals surface area contributed by atoms with E-state index in [1.54, 1.807) is 0 Å². The lowest BCUT2D eigenvalue weighted by Gasteiger charge is -2.45. The zero-order valence-corrected chi connectivity index (χ0v) is 23.4. The molecule has 0 saturated carbocycles. The molecule has 2 aliphatic heterocycles. The van der Waals surface area contributed by atoms with E-state index in [9.17, 15) is 55.9 Å². The van der Waals surface area contributed by atoms with Crippen LogP contribution in [-0.4, -0.2) is 133 Å². The lowest BCUT2D eigenvalue weighted by Crippen LogP contribution is -2.65. The maximum absolute atomic E-state index is 13.9. The minimum Gasteiger partial charge on any atom is -0.508 e. The second kappa shape index (κ2) is 12.9. The summed E-state index contributed by atoms with van der Waals surface area (Å²) in [5.74, 6) is -2.80. The number of phenolic OH excluding ortho intramolecular Hbond substituents is 3. The summed E-state index contributed by atoms with van der Waals surface area (Å²) in [6.45, 7) is -1.65. The highest BCUT2D eigenvalue weighted by Crippen LogP contribution is 2.43. The number of hydrogen-bond acceptors (Lipinski definition) is 17. The molecule has 246 valence electrons. The Balaban J connectivity index is 1.63. The fraction of sp³-hybridized carbons (Fsp3) is 0.464. The second-order valence-corrected chi connectivity index (χ2v) is 10.4. The van der Waals surface area contributed by atoms with E-state index in [1.807, 2.05) is 0 Å². The molecule has 1 aromatic heterocycles. The van der Waals surface area contributed by atoms with Gasteiger partial charge in [-0.1, -0.05) is 0 Å². The first-order valence-corrected chi connectivity index (χ1v) is 13.6. The van der Waals surface area contributed by atoms with Crippen molar-refractivity contribution in [2.45, 2.75) is 61.4 Å². The van der Waals surface area contributed by atoms with Crippen LogP contribution < -0.4 is 14.9 Å². The minimum absolute atomic E-state index is 0.119. The van der Waals surface area contributed by atoms with Gasteiger partial charge in [-0.05, 0) is 24.3 Å². The molecule has 10 atom stereocenters. The summed E-state index contributed by atoms with van der Waals surface area (Å²) in [5.41, 5.74) is -1.32. The van der Waals surface area contributed by atoms with Crippen molar-refractivity contribution in [3.8, 4) is 40.1 Å². The molecule has 3 aromatic rings. The van der Waals surface area contributed by atoms with E-state index in [0.717, 1.165) is 6.07 Å². The molecule has 0 bridgehead atoms. The number of aliphatic hydroxyl groups excluding tert-OH is 7. The van der Waals surface area contributed by atoms with Gasteiger partial charge in [-0.15, -0.1) is 0 Å². The van der Waals surface area contributed by atoms with E-state index >= 15 is 0 Å². The number of hydrogen-bond donors (Lipinski definition) is 10. The first-order chi connectivity index (χ1) is 21.4. The minimum atomic E-state index is -1.96. The molecule has 5 unspecified atom stereocenters. The van der Waals surface area contributed by atoms with Crippen LogP contribution >= 0.6 is 0 Å². The third kappa shape index (κ3) is 5.86. The van der Waals surface area contributed by atoms with Gasteiger partial charge >= 0.3 is 0 Å². The van der Waals surface area contributed by atoms with Crippen LogP contribution in [0.5, 0.6) is 28.7 Å². The zero-order chi connectivity index (χ0) is 32.7. The Hall–Kier alpha value is -3.75. The predicted octanol–water partition coefficient (Wildman–Crippen LogP) is -2.41. The number of aromatic hydroxyl groups is 3. The van der Waals surface area contributed by atoms with Gasteiger partial charge in [0.2, 0.25) is 23.2 Å². The van der Waals surface area contributed by atoms with Crippen molar-refractivity contribution >= 4 is 11.0 Å². The van der Waals surface area contributed by atoms with E-state index in [2.05, 4.69) is 0 Å². The number of ether oxygens (including phenoxy) is 5. The smallest absolute Gasteiger partial charge is 0.239 e. The van der Waals surface area contributed by atoms with E-state index in [-0.39, 0.29) is 22.8 Å². The molecule has 2 fully saturated rings. The SMILES string of the molecule is COc1c(O)cc(O)c2c(=O)c(O[C@@H]3OC(CO)[C@@H](O)C(O)C3O[C@@H]3OC(CO)[C@@H](O)C(O)[C@H]3O)c(-c3ccc(O)cc3)oc12. The monoisotopic (exact) mass is 640 g/mol. The van der Waals surface area contributed by atoms with Gasteiger partial charge in [0.15, 0.2) is 29.5 Å². The molecule has 5 rings (SSSR count). The Bertz CT molecular complexity index is 1560. The average Bonchev–Trinajstić information content (AvgIpc) is 3.01. The number of benzene rings is 2. The predicted molar refractivity (Wildman–Crippen MR) is 146 cm³/mol. The highest BCUT2D eigenvalue weighted by molar-refractivity contribution is 5.93. The largest absolute Gasteiger partial charge is 0.508 e. The summed E-state index contributed by atoms with van der Waals surface area (Å²) < 4.78 is 33.6. The Kier molecular flexibility index (Phi) is 9.38. The van der Waals surface area contributed by atoms with Gasteiger partial charge in [-0.2, -0.15) is 0 Å². The van der Waals surface area contributed by atoms with E-state index in [0.29, 0.717) is 0 Å². The van der Waals surface area contributed by atoms with Gasteiger partial charge in [0, 0.05) is 11.6 Å². The number of aliphatic hydroxyl groups is 7. The first-order valence-electron chi connectivity index (χ1n) is 13.6. The Morgan fingerprint density at radius 3 is 1.96 bits per heavy atom. The highest BCUT2D eigenvalue weighted by Gasteiger charge is 2.51. The number of rotatable bonds is 8. The molecule has 0 amide bonds. The Labute approximate surface area is 252 Å². The summed E-state index contributed by atoms with van der Waals surface area (Å²) in [5, 5.41) is 102. The van der Waals surface area contributed by atoms with Crippen molar-refractivity contribution < 1.29 is 79.2 Å². The molecule has 10 N–H and O–H groups in total. The molecule has 0 aliphatic carbocycles. The van der Waals surface area contributed by atoms with Crippen LogP contribution in [-0.2, 0) is 14.2 Å². The van der Waals surface area contributed by atoms with E-state index in [1.165, 1.54) is 31.4 Å². The maximum atomic E-state index is 13.9. The van der Waals surface area contributed by atoms with E-state index < -0.39 is 108 Å². The first kappa shape index (κ1) is 32.6. The summed E-state index contributed by atoms with van der Waals surface area (Å²) in [6.07, 6.45) is -17.9. The fourth-order valence-corrected chi connectivity index (χ4v) is 5.15. The maximum Gasteiger partial charge on any atom is 0.239 e. The highest BCUT2D eigenvalue weighted by atomic mass is 16.8. The molecule has 2 aromatic carbocycles. The average molecular weight is 641 g/mol. The van der Waals surface area contributed by atoms with Crippen molar-refractivity contribution in [2.24, 2.45) is 0 Å². The number of phenols is 3. The molecule has 2 saturated heterocycles. The van der Waals surface area contributed by atoms with Crippen LogP contribution in [0, 0.1) is 0 Å². The molecule has 17 heteroatoms. The topological polar surface area (TPSA) is 279 Å². The molecule has 45 heavy (non-hydrogen) atoms. The summed E-state index contributed by atoms with van der Waals surface area (Å²) in [4.78, 5) is 13.9. The van der Waals surface area contributed by atoms with Gasteiger partial charge in [0.05, 0.1) is 20.3 Å². The molecule has 17 nitrogen and oxygen atoms in total. The van der Waals surface area contributed by atoms with Crippen LogP contribution in [0.15, 0.2) is 39.5 Å². The van der Waals surface area contributed by atoms with Crippen LogP contribution in [0.4, 0.5) is 0 Å². The van der Waals surface area contributed by atoms with Crippen molar-refractivity contribution in [3.05, 3.63) is 40.6 Å². The number of methoxy groups -OCH3 is 1. The molecule has 0 spiro atoms. The number of fused-ring (bicyclic) bond motifs is 1. The zero-order valence-electron chi connectivity index (χ0n) is 23.4.